The third-order valence-electron chi connectivity index (χ3n) is 2.80. The average Bonchev–Trinajstić information content (AvgIpc) is 2.83. The Bertz CT molecular complexity index is 511. The first-order chi connectivity index (χ1) is 8.63. The van der Waals surface area contributed by atoms with Gasteiger partial charge in [-0.3, -0.25) is 0 Å². The minimum Gasteiger partial charge on any atom is -0.497 e. The highest BCUT2D eigenvalue weighted by Gasteiger charge is 2.14. The van der Waals surface area contributed by atoms with Crippen LogP contribution >= 0.6 is 0 Å². The van der Waals surface area contributed by atoms with E-state index in [2.05, 4.69) is 0 Å². The van der Waals surface area contributed by atoms with Crippen LogP contribution in [0.4, 0.5) is 0 Å². The summed E-state index contributed by atoms with van der Waals surface area (Å²) in [5, 5.41) is 0. The van der Waals surface area contributed by atoms with Crippen molar-refractivity contribution in [1.82, 2.24) is 0 Å². The van der Waals surface area contributed by atoms with Crippen LogP contribution in [0.1, 0.15) is 23.1 Å². The van der Waals surface area contributed by atoms with Crippen LogP contribution in [0.2, 0.25) is 0 Å². The van der Waals surface area contributed by atoms with Gasteiger partial charge in [0, 0.05) is 6.07 Å². The summed E-state index contributed by atoms with van der Waals surface area (Å²) in [6, 6.07) is 9.01. The minimum absolute atomic E-state index is 0.331. The molecule has 0 fully saturated rings. The molecule has 0 aliphatic heterocycles. The van der Waals surface area contributed by atoms with Crippen molar-refractivity contribution in [1.29, 1.82) is 0 Å². The summed E-state index contributed by atoms with van der Waals surface area (Å²) < 4.78 is 16.0. The number of aryl methyl sites for hydroxylation is 1. The van der Waals surface area contributed by atoms with E-state index in [-0.39, 0.29) is 6.04 Å². The van der Waals surface area contributed by atoms with E-state index in [0.717, 1.165) is 17.1 Å². The van der Waals surface area contributed by atoms with Gasteiger partial charge in [0.25, 0.3) is 0 Å². The van der Waals surface area contributed by atoms with Gasteiger partial charge >= 0.3 is 0 Å². The lowest BCUT2D eigenvalue weighted by Crippen LogP contribution is -2.11. The second-order valence-corrected chi connectivity index (χ2v) is 4.07. The molecule has 18 heavy (non-hydrogen) atoms. The van der Waals surface area contributed by atoms with Crippen LogP contribution in [-0.2, 0) is 0 Å². The number of hydrogen-bond acceptors (Lipinski definition) is 4. The maximum Gasteiger partial charge on any atom is 0.125 e. The molecule has 0 amide bonds. The van der Waals surface area contributed by atoms with Crippen molar-refractivity contribution < 1.29 is 13.9 Å². The van der Waals surface area contributed by atoms with Crippen LogP contribution in [0, 0.1) is 6.92 Å². The Morgan fingerprint density at radius 1 is 1.06 bits per heavy atom. The van der Waals surface area contributed by atoms with Crippen molar-refractivity contribution in [3.8, 4) is 11.5 Å². The van der Waals surface area contributed by atoms with Gasteiger partial charge in [-0.05, 0) is 36.8 Å². The molecule has 0 aliphatic carbocycles. The molecule has 0 spiro atoms. The zero-order valence-electron chi connectivity index (χ0n) is 10.8. The number of ether oxygens (including phenoxy) is 2. The number of methoxy groups -OCH3 is 2. The van der Waals surface area contributed by atoms with Gasteiger partial charge in [-0.15, -0.1) is 0 Å². The molecular weight excluding hydrogens is 230 g/mol. The molecular formula is C14H17NO3. The normalized spacial score (nSPS) is 12.2. The van der Waals surface area contributed by atoms with Crippen molar-refractivity contribution >= 4 is 0 Å². The number of rotatable bonds is 4. The van der Waals surface area contributed by atoms with Crippen LogP contribution in [0.3, 0.4) is 0 Å². The number of furan rings is 1. The molecule has 1 unspecified atom stereocenters. The largest absolute Gasteiger partial charge is 0.497 e. The first-order valence-corrected chi connectivity index (χ1v) is 5.69. The molecule has 2 aromatic rings. The summed E-state index contributed by atoms with van der Waals surface area (Å²) in [7, 11) is 3.22. The fraction of sp³-hybridized carbons (Fsp3) is 0.286. The molecule has 1 heterocycles. The first-order valence-electron chi connectivity index (χ1n) is 5.69. The lowest BCUT2D eigenvalue weighted by atomic mass is 10.0. The van der Waals surface area contributed by atoms with Gasteiger partial charge in [0.1, 0.15) is 23.0 Å². The fourth-order valence-electron chi connectivity index (χ4n) is 1.79. The summed E-state index contributed by atoms with van der Waals surface area (Å²) in [5.74, 6) is 2.99. The zero-order valence-corrected chi connectivity index (χ0v) is 10.8. The Hall–Kier alpha value is -1.94. The standard InChI is InChI=1S/C14H17NO3/c1-9-4-5-13(18-9)14(15)10-6-11(16-2)8-12(7-10)17-3/h4-8,14H,15H2,1-3H3. The maximum atomic E-state index is 6.17. The Labute approximate surface area is 106 Å². The fourth-order valence-corrected chi connectivity index (χ4v) is 1.79. The van der Waals surface area contributed by atoms with Gasteiger partial charge in [0.15, 0.2) is 0 Å². The molecule has 0 bridgehead atoms. The van der Waals surface area contributed by atoms with E-state index in [1.807, 2.05) is 37.3 Å². The minimum atomic E-state index is -0.331. The van der Waals surface area contributed by atoms with Crippen LogP contribution in [0.15, 0.2) is 34.7 Å². The Kier molecular flexibility index (Phi) is 3.58. The second-order valence-electron chi connectivity index (χ2n) is 4.07. The summed E-state index contributed by atoms with van der Waals surface area (Å²) in [4.78, 5) is 0. The maximum absolute atomic E-state index is 6.17. The van der Waals surface area contributed by atoms with Crippen molar-refractivity contribution in [3.05, 3.63) is 47.4 Å². The van der Waals surface area contributed by atoms with E-state index in [9.17, 15) is 0 Å². The molecule has 0 saturated heterocycles. The van der Waals surface area contributed by atoms with Gasteiger partial charge in [0.2, 0.25) is 0 Å². The van der Waals surface area contributed by atoms with Crippen LogP contribution < -0.4 is 15.2 Å². The molecule has 0 saturated carbocycles. The van der Waals surface area contributed by atoms with Crippen LogP contribution in [0.5, 0.6) is 11.5 Å². The summed E-state index contributed by atoms with van der Waals surface area (Å²) in [6.45, 7) is 1.89. The average molecular weight is 247 g/mol. The lowest BCUT2D eigenvalue weighted by Gasteiger charge is -2.13. The van der Waals surface area contributed by atoms with E-state index < -0.39 is 0 Å². The van der Waals surface area contributed by atoms with Crippen LogP contribution in [-0.4, -0.2) is 14.2 Å². The molecule has 4 heteroatoms. The Balaban J connectivity index is 2.37. The van der Waals surface area contributed by atoms with Crippen molar-refractivity contribution in [3.63, 3.8) is 0 Å². The highest BCUT2D eigenvalue weighted by Crippen LogP contribution is 2.29. The summed E-state index contributed by atoms with van der Waals surface area (Å²) in [5.41, 5.74) is 7.06. The molecule has 0 radical (unpaired) electrons. The van der Waals surface area contributed by atoms with Crippen LogP contribution in [0.25, 0.3) is 0 Å². The molecule has 4 nitrogen and oxygen atoms in total. The van der Waals surface area contributed by atoms with Gasteiger partial charge in [-0.25, -0.2) is 0 Å². The van der Waals surface area contributed by atoms with Gasteiger partial charge in [0.05, 0.1) is 20.3 Å². The molecule has 0 aliphatic rings. The SMILES string of the molecule is COc1cc(OC)cc(C(N)c2ccc(C)o2)c1. The van der Waals surface area contributed by atoms with E-state index in [4.69, 9.17) is 19.6 Å². The molecule has 96 valence electrons. The Morgan fingerprint density at radius 3 is 2.11 bits per heavy atom. The van der Waals surface area contributed by atoms with Crippen molar-refractivity contribution in [2.75, 3.05) is 14.2 Å². The smallest absolute Gasteiger partial charge is 0.125 e. The zero-order chi connectivity index (χ0) is 13.1. The number of nitrogens with two attached hydrogens (primary N) is 1. The molecule has 1 aromatic heterocycles. The van der Waals surface area contributed by atoms with E-state index >= 15 is 0 Å². The van der Waals surface area contributed by atoms with E-state index in [1.165, 1.54) is 0 Å². The quantitative estimate of drug-likeness (QED) is 0.902. The third kappa shape index (κ3) is 2.49. The van der Waals surface area contributed by atoms with Crippen molar-refractivity contribution in [2.24, 2.45) is 5.73 Å². The predicted octanol–water partition coefficient (Wildman–Crippen LogP) is 2.65. The highest BCUT2D eigenvalue weighted by molar-refractivity contribution is 5.41. The first kappa shape index (κ1) is 12.5. The van der Waals surface area contributed by atoms with Gasteiger partial charge in [-0.2, -0.15) is 0 Å². The monoisotopic (exact) mass is 247 g/mol. The van der Waals surface area contributed by atoms with E-state index in [0.29, 0.717) is 11.5 Å². The molecule has 1 aromatic carbocycles. The number of benzene rings is 1. The lowest BCUT2D eigenvalue weighted by molar-refractivity contribution is 0.392. The summed E-state index contributed by atoms with van der Waals surface area (Å²) >= 11 is 0. The predicted molar refractivity (Wildman–Crippen MR) is 69.0 cm³/mol. The third-order valence-corrected chi connectivity index (χ3v) is 2.80. The molecule has 1 atom stereocenters. The molecule has 2 rings (SSSR count). The molecule has 2 N–H and O–H groups in total. The van der Waals surface area contributed by atoms with E-state index in [1.54, 1.807) is 14.2 Å². The number of hydrogen-bond donors (Lipinski definition) is 1. The van der Waals surface area contributed by atoms with Gasteiger partial charge < -0.3 is 19.6 Å². The second kappa shape index (κ2) is 5.14. The Morgan fingerprint density at radius 2 is 1.67 bits per heavy atom. The highest BCUT2D eigenvalue weighted by atomic mass is 16.5. The topological polar surface area (TPSA) is 57.6 Å². The van der Waals surface area contributed by atoms with Crippen molar-refractivity contribution in [2.45, 2.75) is 13.0 Å². The van der Waals surface area contributed by atoms with Gasteiger partial charge in [-0.1, -0.05) is 0 Å². The summed E-state index contributed by atoms with van der Waals surface area (Å²) in [6.07, 6.45) is 0.